The van der Waals surface area contributed by atoms with Crippen LogP contribution < -0.4 is 0 Å². The molecular weight excluding hydrogens is 373 g/mol. The fourth-order valence-electron chi connectivity index (χ4n) is 3.81. The standard InChI is InChI=1S/C16H22ClF3N4O2/c1-22-13(12(17)14(21-22)16(18,19)20)15(26)23-7-4-10(5-8-23)24-6-2-3-11(25)9-24/h10-11,25H,2-9H2,1H3. The summed E-state index contributed by atoms with van der Waals surface area (Å²) >= 11 is 5.81. The van der Waals surface area contributed by atoms with Crippen LogP contribution in [0.15, 0.2) is 0 Å². The van der Waals surface area contributed by atoms with Crippen molar-refractivity contribution in [2.24, 2.45) is 7.05 Å². The third kappa shape index (κ3) is 3.84. The minimum Gasteiger partial charge on any atom is -0.392 e. The number of aliphatic hydroxyl groups excluding tert-OH is 1. The fraction of sp³-hybridized carbons (Fsp3) is 0.750. The van der Waals surface area contributed by atoms with Gasteiger partial charge in [-0.15, -0.1) is 0 Å². The Morgan fingerprint density at radius 3 is 2.42 bits per heavy atom. The third-order valence-corrected chi connectivity index (χ3v) is 5.51. The number of hydrogen-bond donors (Lipinski definition) is 1. The zero-order valence-electron chi connectivity index (χ0n) is 14.5. The molecule has 1 N–H and O–H groups in total. The highest BCUT2D eigenvalue weighted by Crippen LogP contribution is 2.36. The van der Waals surface area contributed by atoms with Gasteiger partial charge in [0, 0.05) is 32.7 Å². The number of nitrogens with zero attached hydrogens (tertiary/aromatic N) is 4. The number of aromatic nitrogens is 2. The summed E-state index contributed by atoms with van der Waals surface area (Å²) in [5.74, 6) is -0.530. The number of aliphatic hydroxyl groups is 1. The summed E-state index contributed by atoms with van der Waals surface area (Å²) in [7, 11) is 1.29. The normalized spacial score (nSPS) is 23.5. The molecule has 2 saturated heterocycles. The van der Waals surface area contributed by atoms with Gasteiger partial charge in [0.15, 0.2) is 5.69 Å². The van der Waals surface area contributed by atoms with Crippen molar-refractivity contribution in [1.29, 1.82) is 0 Å². The first-order valence-electron chi connectivity index (χ1n) is 8.69. The van der Waals surface area contributed by atoms with Gasteiger partial charge in [-0.25, -0.2) is 0 Å². The number of carbonyl (C=O) groups excluding carboxylic acids is 1. The highest BCUT2D eigenvalue weighted by Gasteiger charge is 2.41. The van der Waals surface area contributed by atoms with Crippen molar-refractivity contribution in [3.63, 3.8) is 0 Å². The maximum atomic E-state index is 12.9. The van der Waals surface area contributed by atoms with E-state index in [1.165, 1.54) is 11.9 Å². The number of aryl methyl sites for hydroxylation is 1. The van der Waals surface area contributed by atoms with Crippen LogP contribution in [0.1, 0.15) is 41.9 Å². The molecule has 10 heteroatoms. The molecular formula is C16H22ClF3N4O2. The Balaban J connectivity index is 1.67. The van der Waals surface area contributed by atoms with Gasteiger partial charge in [0.1, 0.15) is 10.7 Å². The Morgan fingerprint density at radius 2 is 1.88 bits per heavy atom. The molecule has 1 aromatic rings. The van der Waals surface area contributed by atoms with Crippen LogP contribution in [-0.4, -0.2) is 68.9 Å². The highest BCUT2D eigenvalue weighted by molar-refractivity contribution is 6.34. The molecule has 1 atom stereocenters. The van der Waals surface area contributed by atoms with E-state index in [0.717, 1.165) is 36.9 Å². The van der Waals surface area contributed by atoms with Crippen molar-refractivity contribution in [3.05, 3.63) is 16.4 Å². The molecule has 0 spiro atoms. The molecule has 2 fully saturated rings. The molecule has 1 amide bonds. The Labute approximate surface area is 154 Å². The lowest BCUT2D eigenvalue weighted by atomic mass is 9.99. The van der Waals surface area contributed by atoms with E-state index in [0.29, 0.717) is 19.6 Å². The lowest BCUT2D eigenvalue weighted by Gasteiger charge is -2.41. The van der Waals surface area contributed by atoms with Crippen LogP contribution in [0.25, 0.3) is 0 Å². The summed E-state index contributed by atoms with van der Waals surface area (Å²) < 4.78 is 39.7. The molecule has 146 valence electrons. The molecule has 0 aromatic carbocycles. The first-order chi connectivity index (χ1) is 12.2. The lowest BCUT2D eigenvalue weighted by molar-refractivity contribution is -0.141. The minimum atomic E-state index is -4.70. The molecule has 6 nitrogen and oxygen atoms in total. The molecule has 3 rings (SSSR count). The van der Waals surface area contributed by atoms with Crippen LogP contribution in [0, 0.1) is 0 Å². The molecule has 0 radical (unpaired) electrons. The maximum Gasteiger partial charge on any atom is 0.436 e. The van der Waals surface area contributed by atoms with E-state index in [-0.39, 0.29) is 17.8 Å². The summed E-state index contributed by atoms with van der Waals surface area (Å²) in [6.45, 7) is 2.46. The number of halogens is 4. The molecule has 26 heavy (non-hydrogen) atoms. The predicted octanol–water partition coefficient (Wildman–Crippen LogP) is 2.15. The fourth-order valence-corrected chi connectivity index (χ4v) is 4.16. The number of alkyl halides is 3. The summed E-state index contributed by atoms with van der Waals surface area (Å²) in [6.07, 6.45) is -1.80. The van der Waals surface area contributed by atoms with Gasteiger partial charge in [0.05, 0.1) is 6.10 Å². The smallest absolute Gasteiger partial charge is 0.392 e. The average molecular weight is 395 g/mol. The summed E-state index contributed by atoms with van der Waals surface area (Å²) in [4.78, 5) is 16.4. The number of carbonyl (C=O) groups is 1. The second-order valence-corrected chi connectivity index (χ2v) is 7.32. The first kappa shape index (κ1) is 19.4. The second-order valence-electron chi connectivity index (χ2n) is 6.95. The second kappa shape index (κ2) is 7.36. The quantitative estimate of drug-likeness (QED) is 0.835. The predicted molar refractivity (Wildman–Crippen MR) is 89.0 cm³/mol. The van der Waals surface area contributed by atoms with E-state index in [9.17, 15) is 23.1 Å². The molecule has 0 bridgehead atoms. The van der Waals surface area contributed by atoms with Crippen molar-refractivity contribution in [2.45, 2.75) is 44.0 Å². The van der Waals surface area contributed by atoms with Gasteiger partial charge in [-0.1, -0.05) is 11.6 Å². The molecule has 1 unspecified atom stereocenters. The van der Waals surface area contributed by atoms with Crippen LogP contribution in [0.3, 0.4) is 0 Å². The van der Waals surface area contributed by atoms with Crippen molar-refractivity contribution in [2.75, 3.05) is 26.2 Å². The van der Waals surface area contributed by atoms with E-state index < -0.39 is 22.8 Å². The third-order valence-electron chi connectivity index (χ3n) is 5.16. The number of β-amino-alcohol motifs (C(OH)–C–C–N with tert-alkyl or cyclic N) is 1. The monoisotopic (exact) mass is 394 g/mol. The largest absolute Gasteiger partial charge is 0.436 e. The van der Waals surface area contributed by atoms with E-state index in [1.54, 1.807) is 0 Å². The Kier molecular flexibility index (Phi) is 5.50. The number of hydrogen-bond acceptors (Lipinski definition) is 4. The van der Waals surface area contributed by atoms with Gasteiger partial charge in [0.2, 0.25) is 0 Å². The van der Waals surface area contributed by atoms with Crippen LogP contribution in [0.5, 0.6) is 0 Å². The Hall–Kier alpha value is -1.32. The molecule has 0 saturated carbocycles. The van der Waals surface area contributed by atoms with Crippen molar-refractivity contribution in [1.82, 2.24) is 19.6 Å². The van der Waals surface area contributed by atoms with Gasteiger partial charge in [-0.3, -0.25) is 14.4 Å². The zero-order valence-corrected chi connectivity index (χ0v) is 15.2. The first-order valence-corrected chi connectivity index (χ1v) is 9.07. The number of likely N-dealkylation sites (tertiary alicyclic amines) is 2. The van der Waals surface area contributed by atoms with Gasteiger partial charge >= 0.3 is 6.18 Å². The highest BCUT2D eigenvalue weighted by atomic mass is 35.5. The van der Waals surface area contributed by atoms with Crippen LogP contribution in [0.2, 0.25) is 5.02 Å². The molecule has 0 aliphatic carbocycles. The van der Waals surface area contributed by atoms with E-state index in [4.69, 9.17) is 11.6 Å². The van der Waals surface area contributed by atoms with E-state index in [2.05, 4.69) is 10.00 Å². The van der Waals surface area contributed by atoms with Gasteiger partial charge in [0.25, 0.3) is 5.91 Å². The number of piperidine rings is 2. The van der Waals surface area contributed by atoms with Gasteiger partial charge in [-0.05, 0) is 32.2 Å². The molecule has 2 aliphatic rings. The Morgan fingerprint density at radius 1 is 1.23 bits per heavy atom. The topological polar surface area (TPSA) is 61.6 Å². The average Bonchev–Trinajstić information content (AvgIpc) is 2.89. The molecule has 1 aromatic heterocycles. The van der Waals surface area contributed by atoms with Crippen LogP contribution in [0.4, 0.5) is 13.2 Å². The number of amides is 1. The van der Waals surface area contributed by atoms with Crippen molar-refractivity contribution >= 4 is 17.5 Å². The maximum absolute atomic E-state index is 12.9. The van der Waals surface area contributed by atoms with Crippen molar-refractivity contribution < 1.29 is 23.1 Å². The molecule has 2 aliphatic heterocycles. The summed E-state index contributed by atoms with van der Waals surface area (Å²) in [6, 6.07) is 0.279. The molecule has 3 heterocycles. The number of rotatable bonds is 2. The minimum absolute atomic E-state index is 0.231. The SMILES string of the molecule is Cn1nc(C(F)(F)F)c(Cl)c1C(=O)N1CCC(N2CCCC(O)C2)CC1. The zero-order chi connectivity index (χ0) is 19.1. The summed E-state index contributed by atoms with van der Waals surface area (Å²) in [5.41, 5.74) is -1.46. The van der Waals surface area contributed by atoms with Crippen LogP contribution in [-0.2, 0) is 13.2 Å². The van der Waals surface area contributed by atoms with Gasteiger partial charge in [-0.2, -0.15) is 18.3 Å². The Bertz CT molecular complexity index is 671. The lowest BCUT2D eigenvalue weighted by Crippen LogP contribution is -2.50. The van der Waals surface area contributed by atoms with E-state index >= 15 is 0 Å². The van der Waals surface area contributed by atoms with Crippen molar-refractivity contribution in [3.8, 4) is 0 Å². The summed E-state index contributed by atoms with van der Waals surface area (Å²) in [5, 5.41) is 12.5. The van der Waals surface area contributed by atoms with E-state index in [1.807, 2.05) is 0 Å². The van der Waals surface area contributed by atoms with Gasteiger partial charge < -0.3 is 10.0 Å². The van der Waals surface area contributed by atoms with Crippen LogP contribution >= 0.6 is 11.6 Å².